The van der Waals surface area contributed by atoms with Gasteiger partial charge in [-0.05, 0) is 48.4 Å². The second kappa shape index (κ2) is 6.58. The molecule has 3 aromatic rings. The van der Waals surface area contributed by atoms with E-state index in [4.69, 9.17) is 21.1 Å². The molecule has 140 valence electrons. The average molecular weight is 405 g/mol. The smallest absolute Gasteiger partial charge is 0.269 e. The maximum Gasteiger partial charge on any atom is 0.269 e. The number of aromatic nitrogens is 1. The van der Waals surface area contributed by atoms with Crippen LogP contribution >= 0.6 is 11.6 Å². The zero-order valence-electron chi connectivity index (χ0n) is 14.8. The summed E-state index contributed by atoms with van der Waals surface area (Å²) < 4.78 is 38.5. The van der Waals surface area contributed by atoms with Crippen molar-refractivity contribution >= 4 is 38.3 Å². The van der Waals surface area contributed by atoms with Crippen molar-refractivity contribution in [2.24, 2.45) is 0 Å². The molecule has 0 fully saturated rings. The number of hydrogen-bond acceptors (Lipinski definition) is 5. The van der Waals surface area contributed by atoms with Crippen molar-refractivity contribution in [3.63, 3.8) is 0 Å². The van der Waals surface area contributed by atoms with Crippen LogP contribution in [0.3, 0.4) is 0 Å². The molecule has 0 N–H and O–H groups in total. The van der Waals surface area contributed by atoms with Gasteiger partial charge in [-0.3, -0.25) is 0 Å². The van der Waals surface area contributed by atoms with Crippen molar-refractivity contribution in [3.05, 3.63) is 53.1 Å². The van der Waals surface area contributed by atoms with Gasteiger partial charge in [-0.15, -0.1) is 0 Å². The number of anilines is 1. The maximum atomic E-state index is 13.4. The number of methoxy groups -OCH3 is 2. The molecule has 0 saturated heterocycles. The van der Waals surface area contributed by atoms with Crippen LogP contribution in [0.25, 0.3) is 10.9 Å². The molecule has 0 atom stereocenters. The van der Waals surface area contributed by atoms with Crippen LogP contribution in [-0.4, -0.2) is 34.2 Å². The fourth-order valence-electron chi connectivity index (χ4n) is 3.25. The highest BCUT2D eigenvalue weighted by Gasteiger charge is 2.34. The maximum absolute atomic E-state index is 13.4. The first-order valence-electron chi connectivity index (χ1n) is 8.28. The molecule has 1 aliphatic heterocycles. The van der Waals surface area contributed by atoms with Crippen molar-refractivity contribution in [1.82, 2.24) is 4.98 Å². The molecule has 0 amide bonds. The third-order valence-electron chi connectivity index (χ3n) is 4.59. The minimum Gasteiger partial charge on any atom is -0.497 e. The van der Waals surface area contributed by atoms with Gasteiger partial charge in [-0.25, -0.2) is 17.7 Å². The summed E-state index contributed by atoms with van der Waals surface area (Å²) in [5, 5.41) is 1.51. The van der Waals surface area contributed by atoms with E-state index in [1.54, 1.807) is 24.3 Å². The van der Waals surface area contributed by atoms with Gasteiger partial charge in [-0.2, -0.15) is 0 Å². The normalized spacial score (nSPS) is 13.7. The fraction of sp³-hybridized carbons (Fsp3) is 0.211. The molecule has 27 heavy (non-hydrogen) atoms. The molecule has 2 aromatic carbocycles. The first-order valence-corrected chi connectivity index (χ1v) is 10.1. The molecule has 1 aliphatic rings. The number of hydrogen-bond donors (Lipinski definition) is 0. The monoisotopic (exact) mass is 404 g/mol. The van der Waals surface area contributed by atoms with Crippen molar-refractivity contribution in [3.8, 4) is 11.5 Å². The van der Waals surface area contributed by atoms with E-state index in [0.29, 0.717) is 35.1 Å². The van der Waals surface area contributed by atoms with Crippen molar-refractivity contribution in [2.45, 2.75) is 11.3 Å². The first kappa shape index (κ1) is 17.9. The van der Waals surface area contributed by atoms with E-state index in [1.807, 2.05) is 12.1 Å². The Bertz CT molecular complexity index is 1150. The van der Waals surface area contributed by atoms with Crippen LogP contribution in [0.15, 0.2) is 47.4 Å². The predicted octanol–water partition coefficient (Wildman–Crippen LogP) is 3.66. The highest BCUT2D eigenvalue weighted by atomic mass is 35.5. The van der Waals surface area contributed by atoms with Gasteiger partial charge in [0, 0.05) is 23.0 Å². The Kier molecular flexibility index (Phi) is 4.36. The van der Waals surface area contributed by atoms with E-state index in [1.165, 1.54) is 24.6 Å². The molecule has 0 spiro atoms. The second-order valence-corrected chi connectivity index (χ2v) is 8.42. The molecule has 0 bridgehead atoms. The summed E-state index contributed by atoms with van der Waals surface area (Å²) in [7, 11) is -0.937. The Morgan fingerprint density at radius 1 is 1.07 bits per heavy atom. The lowest BCUT2D eigenvalue weighted by molar-refractivity contribution is 0.392. The van der Waals surface area contributed by atoms with Crippen molar-refractivity contribution in [1.29, 1.82) is 0 Å². The average Bonchev–Trinajstić information content (AvgIpc) is 3.09. The highest BCUT2D eigenvalue weighted by Crippen LogP contribution is 2.37. The molecule has 0 saturated carbocycles. The number of benzene rings is 2. The lowest BCUT2D eigenvalue weighted by Crippen LogP contribution is -2.30. The minimum absolute atomic E-state index is 0.0511. The van der Waals surface area contributed by atoms with Gasteiger partial charge < -0.3 is 9.47 Å². The Balaban J connectivity index is 1.85. The Morgan fingerprint density at radius 3 is 2.63 bits per heavy atom. The third kappa shape index (κ3) is 2.96. The summed E-state index contributed by atoms with van der Waals surface area (Å²) in [6, 6.07) is 12.0. The largest absolute Gasteiger partial charge is 0.497 e. The zero-order chi connectivity index (χ0) is 19.2. The molecular formula is C19H17ClN2O4S. The molecule has 1 aromatic heterocycles. The number of sulfonamides is 1. The van der Waals surface area contributed by atoms with E-state index in [-0.39, 0.29) is 10.6 Å². The Labute approximate surface area is 162 Å². The molecule has 8 heteroatoms. The molecule has 2 heterocycles. The predicted molar refractivity (Wildman–Crippen MR) is 105 cm³/mol. The summed E-state index contributed by atoms with van der Waals surface area (Å²) in [4.78, 5) is 4.64. The van der Waals surface area contributed by atoms with Gasteiger partial charge in [0.2, 0.25) is 0 Å². The SMILES string of the molecule is COc1ccc(OC)c(S(=O)(=O)N2CCc3cc4cc(Cl)ccc4nc32)c1. The summed E-state index contributed by atoms with van der Waals surface area (Å²) >= 11 is 6.05. The van der Waals surface area contributed by atoms with Crippen LogP contribution in [0.5, 0.6) is 11.5 Å². The lowest BCUT2D eigenvalue weighted by Gasteiger charge is -2.20. The van der Waals surface area contributed by atoms with E-state index < -0.39 is 10.0 Å². The zero-order valence-corrected chi connectivity index (χ0v) is 16.3. The van der Waals surface area contributed by atoms with Crippen LogP contribution in [0.1, 0.15) is 5.56 Å². The summed E-state index contributed by atoms with van der Waals surface area (Å²) in [6.07, 6.45) is 0.580. The molecule has 0 aliphatic carbocycles. The van der Waals surface area contributed by atoms with Gasteiger partial charge in [0.1, 0.15) is 22.2 Å². The van der Waals surface area contributed by atoms with Crippen LogP contribution in [0.2, 0.25) is 5.02 Å². The number of halogens is 1. The van der Waals surface area contributed by atoms with Gasteiger partial charge >= 0.3 is 0 Å². The molecule has 4 rings (SSSR count). The number of pyridine rings is 1. The summed E-state index contributed by atoms with van der Waals surface area (Å²) in [6.45, 7) is 0.315. The van der Waals surface area contributed by atoms with Gasteiger partial charge in [0.05, 0.1) is 19.7 Å². The van der Waals surface area contributed by atoms with Gasteiger partial charge in [0.25, 0.3) is 10.0 Å². The van der Waals surface area contributed by atoms with Crippen molar-refractivity contribution < 1.29 is 17.9 Å². The Morgan fingerprint density at radius 2 is 1.89 bits per heavy atom. The minimum atomic E-state index is -3.86. The second-order valence-electron chi connectivity index (χ2n) is 6.15. The van der Waals surface area contributed by atoms with Crippen LogP contribution < -0.4 is 13.8 Å². The quantitative estimate of drug-likeness (QED) is 0.663. The van der Waals surface area contributed by atoms with Gasteiger partial charge in [-0.1, -0.05) is 11.6 Å². The summed E-state index contributed by atoms with van der Waals surface area (Å²) in [5.74, 6) is 1.14. The Hall–Kier alpha value is -2.51. The van der Waals surface area contributed by atoms with Gasteiger partial charge in [0.15, 0.2) is 0 Å². The van der Waals surface area contributed by atoms with Crippen LogP contribution in [0.4, 0.5) is 5.82 Å². The third-order valence-corrected chi connectivity index (χ3v) is 6.64. The van der Waals surface area contributed by atoms with Crippen LogP contribution in [0, 0.1) is 0 Å². The van der Waals surface area contributed by atoms with Crippen molar-refractivity contribution in [2.75, 3.05) is 25.1 Å². The highest BCUT2D eigenvalue weighted by molar-refractivity contribution is 7.93. The standard InChI is InChI=1S/C19H17ClN2O4S/c1-25-15-4-6-17(26-2)18(11-15)27(23,24)22-8-7-12-9-13-10-14(20)3-5-16(13)21-19(12)22/h3-6,9-11H,7-8H2,1-2H3. The van der Waals surface area contributed by atoms with Crippen LogP contribution in [-0.2, 0) is 16.4 Å². The van der Waals surface area contributed by atoms with E-state index in [0.717, 1.165) is 10.9 Å². The topological polar surface area (TPSA) is 68.7 Å². The van der Waals surface area contributed by atoms with E-state index in [9.17, 15) is 8.42 Å². The molecule has 0 unspecified atom stereocenters. The molecule has 6 nitrogen and oxygen atoms in total. The lowest BCUT2D eigenvalue weighted by atomic mass is 10.1. The molecular weight excluding hydrogens is 388 g/mol. The fourth-order valence-corrected chi connectivity index (χ4v) is 5.05. The number of ether oxygens (including phenoxy) is 2. The number of rotatable bonds is 4. The number of fused-ring (bicyclic) bond motifs is 2. The number of nitrogens with zero attached hydrogens (tertiary/aromatic N) is 2. The molecule has 0 radical (unpaired) electrons. The van der Waals surface area contributed by atoms with E-state index in [2.05, 4.69) is 4.98 Å². The summed E-state index contributed by atoms with van der Waals surface area (Å²) in [5.41, 5.74) is 1.56. The van der Waals surface area contributed by atoms with E-state index >= 15 is 0 Å². The first-order chi connectivity index (χ1) is 12.9.